The highest BCUT2D eigenvalue weighted by Crippen LogP contribution is 2.11. The van der Waals surface area contributed by atoms with Crippen LogP contribution in [0.25, 0.3) is 0 Å². The van der Waals surface area contributed by atoms with Crippen molar-refractivity contribution in [1.29, 1.82) is 0 Å². The van der Waals surface area contributed by atoms with Gasteiger partial charge in [0.2, 0.25) is 0 Å². The molecule has 0 aliphatic heterocycles. The van der Waals surface area contributed by atoms with Gasteiger partial charge in [0.15, 0.2) is 0 Å². The molecule has 0 aromatic carbocycles. The van der Waals surface area contributed by atoms with Gasteiger partial charge >= 0.3 is 0 Å². The first-order valence-corrected chi connectivity index (χ1v) is 2.53. The van der Waals surface area contributed by atoms with Crippen molar-refractivity contribution >= 4 is 11.4 Å². The number of nitrogens with two attached hydrogens (primary N) is 2. The van der Waals surface area contributed by atoms with Crippen LogP contribution in [0.5, 0.6) is 0 Å². The zero-order valence-corrected chi connectivity index (χ0v) is 4.96. The summed E-state index contributed by atoms with van der Waals surface area (Å²) in [6.45, 7) is 3.58. The van der Waals surface area contributed by atoms with Gasteiger partial charge in [-0.3, -0.25) is 4.98 Å². The maximum Gasteiger partial charge on any atom is 0.0734 e. The molecule has 0 fully saturated rings. The van der Waals surface area contributed by atoms with Gasteiger partial charge in [0.1, 0.15) is 0 Å². The largest absolute Gasteiger partial charge is 0.397 e. The molecule has 0 aliphatic carbocycles. The number of hydrogen-bond donors (Lipinski definition) is 2. The Morgan fingerprint density at radius 2 is 2.00 bits per heavy atom. The molecule has 1 rings (SSSR count). The lowest BCUT2D eigenvalue weighted by molar-refractivity contribution is 1.27. The van der Waals surface area contributed by atoms with Crippen LogP contribution in [-0.4, -0.2) is 4.98 Å². The van der Waals surface area contributed by atoms with Crippen LogP contribution in [0.1, 0.15) is 5.69 Å². The number of nitrogen functional groups attached to an aromatic ring is 2. The number of aromatic nitrogens is 1. The Morgan fingerprint density at radius 3 is 2.44 bits per heavy atom. The van der Waals surface area contributed by atoms with Crippen molar-refractivity contribution in [1.82, 2.24) is 4.98 Å². The molecule has 1 heterocycles. The van der Waals surface area contributed by atoms with Gasteiger partial charge in [0.05, 0.1) is 17.6 Å². The number of rotatable bonds is 0. The average Bonchev–Trinajstić information content (AvgIpc) is 1.80. The van der Waals surface area contributed by atoms with E-state index in [4.69, 9.17) is 11.5 Å². The smallest absolute Gasteiger partial charge is 0.0734 e. The molecule has 0 amide bonds. The lowest BCUT2D eigenvalue weighted by Gasteiger charge is -1.97. The molecular formula is C6H8N3. The normalized spacial score (nSPS) is 9.44. The Labute approximate surface area is 53.7 Å². The third-order valence-electron chi connectivity index (χ3n) is 1.02. The summed E-state index contributed by atoms with van der Waals surface area (Å²) in [5, 5.41) is 0. The molecule has 1 aromatic rings. The lowest BCUT2D eigenvalue weighted by Crippen LogP contribution is -1.95. The summed E-state index contributed by atoms with van der Waals surface area (Å²) in [6.07, 6.45) is 1.50. The van der Waals surface area contributed by atoms with Crippen molar-refractivity contribution in [3.8, 4) is 0 Å². The Hall–Kier alpha value is -1.25. The second-order valence-electron chi connectivity index (χ2n) is 1.80. The standard InChI is InChI=1S/C6H8N3/c1-4-2-5(7)6(8)3-9-4/h2-3H,1,8H2,(H2,7,9). The fourth-order valence-electron chi connectivity index (χ4n) is 0.527. The van der Waals surface area contributed by atoms with Gasteiger partial charge in [0, 0.05) is 5.69 Å². The Kier molecular flexibility index (Phi) is 1.26. The number of anilines is 2. The molecule has 47 valence electrons. The van der Waals surface area contributed by atoms with Crippen molar-refractivity contribution in [2.45, 2.75) is 0 Å². The summed E-state index contributed by atoms with van der Waals surface area (Å²) >= 11 is 0. The average molecular weight is 122 g/mol. The van der Waals surface area contributed by atoms with Gasteiger partial charge in [-0.1, -0.05) is 0 Å². The summed E-state index contributed by atoms with van der Waals surface area (Å²) in [4.78, 5) is 3.82. The van der Waals surface area contributed by atoms with Crippen LogP contribution in [0.2, 0.25) is 0 Å². The van der Waals surface area contributed by atoms with Gasteiger partial charge < -0.3 is 11.5 Å². The first kappa shape index (κ1) is 5.88. The van der Waals surface area contributed by atoms with Crippen LogP contribution in [-0.2, 0) is 0 Å². The summed E-state index contributed by atoms with van der Waals surface area (Å²) in [6, 6.07) is 1.63. The minimum absolute atomic E-state index is 0.502. The van der Waals surface area contributed by atoms with Crippen molar-refractivity contribution in [2.75, 3.05) is 11.5 Å². The minimum atomic E-state index is 0.502. The van der Waals surface area contributed by atoms with Gasteiger partial charge in [-0.25, -0.2) is 0 Å². The second kappa shape index (κ2) is 1.93. The third-order valence-corrected chi connectivity index (χ3v) is 1.02. The predicted octanol–water partition coefficient (Wildman–Crippen LogP) is 0.428. The molecule has 0 bridgehead atoms. The fraction of sp³-hybridized carbons (Fsp3) is 0. The van der Waals surface area contributed by atoms with Crippen LogP contribution >= 0.6 is 0 Å². The van der Waals surface area contributed by atoms with E-state index in [1.165, 1.54) is 6.20 Å². The van der Waals surface area contributed by atoms with Crippen LogP contribution in [0.3, 0.4) is 0 Å². The number of hydrogen-bond acceptors (Lipinski definition) is 3. The van der Waals surface area contributed by atoms with E-state index < -0.39 is 0 Å². The number of nitrogens with zero attached hydrogens (tertiary/aromatic N) is 1. The fourth-order valence-corrected chi connectivity index (χ4v) is 0.527. The van der Waals surface area contributed by atoms with E-state index in [9.17, 15) is 0 Å². The van der Waals surface area contributed by atoms with Gasteiger partial charge in [0.25, 0.3) is 0 Å². The van der Waals surface area contributed by atoms with E-state index in [2.05, 4.69) is 11.9 Å². The van der Waals surface area contributed by atoms with E-state index in [1.54, 1.807) is 6.07 Å². The maximum atomic E-state index is 5.42. The Bertz CT molecular complexity index is 220. The first-order valence-electron chi connectivity index (χ1n) is 2.53. The zero-order chi connectivity index (χ0) is 6.85. The highest BCUT2D eigenvalue weighted by Gasteiger charge is 1.91. The second-order valence-corrected chi connectivity index (χ2v) is 1.80. The molecule has 3 nitrogen and oxygen atoms in total. The maximum absolute atomic E-state index is 5.42. The number of pyridine rings is 1. The molecule has 1 aromatic heterocycles. The van der Waals surface area contributed by atoms with Crippen LogP contribution in [0.4, 0.5) is 11.4 Å². The molecule has 0 spiro atoms. The summed E-state index contributed by atoms with van der Waals surface area (Å²) < 4.78 is 0. The van der Waals surface area contributed by atoms with Crippen molar-refractivity contribution in [3.63, 3.8) is 0 Å². The first-order chi connectivity index (χ1) is 4.20. The molecule has 3 heteroatoms. The van der Waals surface area contributed by atoms with E-state index in [1.807, 2.05) is 0 Å². The van der Waals surface area contributed by atoms with E-state index in [0.717, 1.165) is 0 Å². The molecule has 0 saturated carbocycles. The van der Waals surface area contributed by atoms with E-state index in [0.29, 0.717) is 17.1 Å². The molecule has 0 aliphatic rings. The highest BCUT2D eigenvalue weighted by molar-refractivity contribution is 5.61. The van der Waals surface area contributed by atoms with E-state index >= 15 is 0 Å². The molecular weight excluding hydrogens is 114 g/mol. The SMILES string of the molecule is [CH2]c1cc(N)c(N)cn1. The Morgan fingerprint density at radius 1 is 1.33 bits per heavy atom. The molecule has 0 atom stereocenters. The third kappa shape index (κ3) is 1.10. The van der Waals surface area contributed by atoms with E-state index in [-0.39, 0.29) is 0 Å². The van der Waals surface area contributed by atoms with Gasteiger partial charge in [-0.2, -0.15) is 0 Å². The topological polar surface area (TPSA) is 64.9 Å². The summed E-state index contributed by atoms with van der Waals surface area (Å²) in [5.41, 5.74) is 12.5. The van der Waals surface area contributed by atoms with Crippen molar-refractivity contribution < 1.29 is 0 Å². The van der Waals surface area contributed by atoms with Crippen LogP contribution in [0, 0.1) is 6.92 Å². The quantitative estimate of drug-likeness (QED) is 0.524. The molecule has 9 heavy (non-hydrogen) atoms. The van der Waals surface area contributed by atoms with Gasteiger partial charge in [-0.05, 0) is 13.0 Å². The predicted molar refractivity (Wildman–Crippen MR) is 37.5 cm³/mol. The summed E-state index contributed by atoms with van der Waals surface area (Å²) in [7, 11) is 0. The summed E-state index contributed by atoms with van der Waals surface area (Å²) in [5.74, 6) is 0. The van der Waals surface area contributed by atoms with Crippen molar-refractivity contribution in [2.24, 2.45) is 0 Å². The molecule has 0 unspecified atom stereocenters. The molecule has 4 N–H and O–H groups in total. The van der Waals surface area contributed by atoms with Gasteiger partial charge in [-0.15, -0.1) is 0 Å². The zero-order valence-electron chi connectivity index (χ0n) is 4.96. The Balaban J connectivity index is 3.17. The van der Waals surface area contributed by atoms with Crippen LogP contribution < -0.4 is 11.5 Å². The molecule has 1 radical (unpaired) electrons. The van der Waals surface area contributed by atoms with Crippen LogP contribution in [0.15, 0.2) is 12.3 Å². The minimum Gasteiger partial charge on any atom is -0.397 e. The van der Waals surface area contributed by atoms with Crippen molar-refractivity contribution in [3.05, 3.63) is 24.9 Å². The highest BCUT2D eigenvalue weighted by atomic mass is 14.8. The lowest BCUT2D eigenvalue weighted by atomic mass is 10.3. The molecule has 0 saturated heterocycles. The monoisotopic (exact) mass is 122 g/mol.